The summed E-state index contributed by atoms with van der Waals surface area (Å²) in [4.78, 5) is 13.9. The molecule has 0 spiro atoms. The van der Waals surface area contributed by atoms with E-state index in [2.05, 4.69) is 5.32 Å². The van der Waals surface area contributed by atoms with Gasteiger partial charge in [0, 0.05) is 17.3 Å². The summed E-state index contributed by atoms with van der Waals surface area (Å²) in [5.41, 5.74) is 0.686. The summed E-state index contributed by atoms with van der Waals surface area (Å²) in [7, 11) is 3.47. The standard InChI is InChI=1S/C18H21ClN2O3/c1-21(10-11-24-17-9-4-3-8-16(17)23-2)13-18(22)20-15-7-5-6-14(19)12-15/h3-9,12H,10-11,13H2,1-2H3,(H,20,22). The number of nitrogens with one attached hydrogen (secondary N) is 1. The number of ether oxygens (including phenoxy) is 2. The predicted octanol–water partition coefficient (Wildman–Crippen LogP) is 3.30. The summed E-state index contributed by atoms with van der Waals surface area (Å²) in [5.74, 6) is 1.28. The van der Waals surface area contributed by atoms with Gasteiger partial charge in [-0.2, -0.15) is 0 Å². The third kappa shape index (κ3) is 5.76. The maximum atomic E-state index is 12.0. The van der Waals surface area contributed by atoms with Crippen LogP contribution in [-0.2, 0) is 4.79 Å². The summed E-state index contributed by atoms with van der Waals surface area (Å²) < 4.78 is 10.9. The average molecular weight is 349 g/mol. The van der Waals surface area contributed by atoms with E-state index in [1.165, 1.54) is 0 Å². The molecule has 24 heavy (non-hydrogen) atoms. The highest BCUT2D eigenvalue weighted by Crippen LogP contribution is 2.25. The number of rotatable bonds is 8. The van der Waals surface area contributed by atoms with Crippen molar-refractivity contribution >= 4 is 23.2 Å². The molecule has 0 aliphatic carbocycles. The molecule has 0 heterocycles. The van der Waals surface area contributed by atoms with Gasteiger partial charge in [0.25, 0.3) is 0 Å². The maximum Gasteiger partial charge on any atom is 0.238 e. The van der Waals surface area contributed by atoms with Crippen molar-refractivity contribution in [2.75, 3.05) is 39.2 Å². The molecule has 2 rings (SSSR count). The minimum Gasteiger partial charge on any atom is -0.493 e. The van der Waals surface area contributed by atoms with Gasteiger partial charge in [-0.3, -0.25) is 9.69 Å². The molecule has 0 radical (unpaired) electrons. The lowest BCUT2D eigenvalue weighted by Gasteiger charge is -2.17. The molecule has 2 aromatic rings. The van der Waals surface area contributed by atoms with Crippen LogP contribution in [0.25, 0.3) is 0 Å². The van der Waals surface area contributed by atoms with E-state index in [4.69, 9.17) is 21.1 Å². The van der Waals surface area contributed by atoms with Crippen molar-refractivity contribution in [3.63, 3.8) is 0 Å². The van der Waals surface area contributed by atoms with Crippen LogP contribution in [0.5, 0.6) is 11.5 Å². The normalized spacial score (nSPS) is 10.5. The van der Waals surface area contributed by atoms with Gasteiger partial charge in [0.05, 0.1) is 13.7 Å². The second-order valence-corrected chi connectivity index (χ2v) is 5.73. The molecular formula is C18H21ClN2O3. The number of methoxy groups -OCH3 is 1. The quantitative estimate of drug-likeness (QED) is 0.795. The first kappa shape index (κ1) is 18.1. The largest absolute Gasteiger partial charge is 0.493 e. The Morgan fingerprint density at radius 3 is 2.62 bits per heavy atom. The number of hydrogen-bond acceptors (Lipinski definition) is 4. The Kier molecular flexibility index (Phi) is 6.90. The summed E-state index contributed by atoms with van der Waals surface area (Å²) >= 11 is 5.90. The molecule has 0 bridgehead atoms. The molecule has 1 N–H and O–H groups in total. The van der Waals surface area contributed by atoms with Crippen LogP contribution in [0, 0.1) is 0 Å². The number of nitrogens with zero attached hydrogens (tertiary/aromatic N) is 1. The Labute approximate surface area is 147 Å². The first-order valence-electron chi connectivity index (χ1n) is 7.58. The first-order valence-corrected chi connectivity index (χ1v) is 7.96. The lowest BCUT2D eigenvalue weighted by Crippen LogP contribution is -2.33. The Morgan fingerprint density at radius 1 is 1.17 bits per heavy atom. The van der Waals surface area contributed by atoms with Gasteiger partial charge in [0.2, 0.25) is 5.91 Å². The molecule has 0 unspecified atom stereocenters. The smallest absolute Gasteiger partial charge is 0.238 e. The second-order valence-electron chi connectivity index (χ2n) is 5.30. The molecule has 0 aromatic heterocycles. The molecule has 0 atom stereocenters. The van der Waals surface area contributed by atoms with E-state index >= 15 is 0 Å². The number of amides is 1. The van der Waals surface area contributed by atoms with Crippen molar-refractivity contribution in [3.05, 3.63) is 53.6 Å². The Hall–Kier alpha value is -2.24. The van der Waals surface area contributed by atoms with E-state index in [1.807, 2.05) is 36.2 Å². The first-order chi connectivity index (χ1) is 11.6. The van der Waals surface area contributed by atoms with Crippen LogP contribution < -0.4 is 14.8 Å². The highest BCUT2D eigenvalue weighted by Gasteiger charge is 2.08. The van der Waals surface area contributed by atoms with E-state index in [9.17, 15) is 4.79 Å². The summed E-state index contributed by atoms with van der Waals surface area (Å²) in [5, 5.41) is 3.40. The minimum atomic E-state index is -0.0999. The van der Waals surface area contributed by atoms with Crippen LogP contribution >= 0.6 is 11.6 Å². The van der Waals surface area contributed by atoms with E-state index in [0.717, 1.165) is 0 Å². The molecule has 0 saturated carbocycles. The minimum absolute atomic E-state index is 0.0999. The van der Waals surface area contributed by atoms with Gasteiger partial charge in [-0.15, -0.1) is 0 Å². The van der Waals surface area contributed by atoms with E-state index in [1.54, 1.807) is 31.4 Å². The van der Waals surface area contributed by atoms with Crippen LogP contribution in [0.2, 0.25) is 5.02 Å². The third-order valence-electron chi connectivity index (χ3n) is 3.32. The number of para-hydroxylation sites is 2. The van der Waals surface area contributed by atoms with Crippen molar-refractivity contribution in [1.29, 1.82) is 0 Å². The fourth-order valence-electron chi connectivity index (χ4n) is 2.14. The average Bonchev–Trinajstić information content (AvgIpc) is 2.55. The lowest BCUT2D eigenvalue weighted by atomic mass is 10.3. The maximum absolute atomic E-state index is 12.0. The van der Waals surface area contributed by atoms with Gasteiger partial charge in [0.1, 0.15) is 6.61 Å². The molecule has 6 heteroatoms. The van der Waals surface area contributed by atoms with Crippen LogP contribution in [0.15, 0.2) is 48.5 Å². The van der Waals surface area contributed by atoms with E-state index < -0.39 is 0 Å². The Morgan fingerprint density at radius 2 is 1.92 bits per heavy atom. The van der Waals surface area contributed by atoms with Crippen LogP contribution in [-0.4, -0.2) is 44.7 Å². The number of anilines is 1. The van der Waals surface area contributed by atoms with Crippen molar-refractivity contribution in [2.45, 2.75) is 0 Å². The van der Waals surface area contributed by atoms with Gasteiger partial charge in [0.15, 0.2) is 11.5 Å². The number of carbonyl (C=O) groups is 1. The number of likely N-dealkylation sites (N-methyl/N-ethyl adjacent to an activating group) is 1. The Balaban J connectivity index is 1.74. The van der Waals surface area contributed by atoms with Crippen molar-refractivity contribution < 1.29 is 14.3 Å². The molecule has 0 aliphatic heterocycles. The number of hydrogen-bond donors (Lipinski definition) is 1. The topological polar surface area (TPSA) is 50.8 Å². The zero-order valence-corrected chi connectivity index (χ0v) is 14.5. The number of carbonyl (C=O) groups excluding carboxylic acids is 1. The fraction of sp³-hybridized carbons (Fsp3) is 0.278. The van der Waals surface area contributed by atoms with E-state index in [-0.39, 0.29) is 12.5 Å². The van der Waals surface area contributed by atoms with E-state index in [0.29, 0.717) is 35.4 Å². The molecule has 0 saturated heterocycles. The van der Waals surface area contributed by atoms with Crippen molar-refractivity contribution in [3.8, 4) is 11.5 Å². The van der Waals surface area contributed by atoms with Crippen LogP contribution in [0.1, 0.15) is 0 Å². The highest BCUT2D eigenvalue weighted by molar-refractivity contribution is 6.30. The van der Waals surface area contributed by atoms with Crippen LogP contribution in [0.3, 0.4) is 0 Å². The van der Waals surface area contributed by atoms with Gasteiger partial charge < -0.3 is 14.8 Å². The van der Waals surface area contributed by atoms with Crippen molar-refractivity contribution in [1.82, 2.24) is 4.90 Å². The fourth-order valence-corrected chi connectivity index (χ4v) is 2.33. The van der Waals surface area contributed by atoms with Gasteiger partial charge in [-0.1, -0.05) is 29.8 Å². The highest BCUT2D eigenvalue weighted by atomic mass is 35.5. The number of benzene rings is 2. The summed E-state index contributed by atoms with van der Waals surface area (Å²) in [6.45, 7) is 1.34. The summed E-state index contributed by atoms with van der Waals surface area (Å²) in [6.07, 6.45) is 0. The molecule has 5 nitrogen and oxygen atoms in total. The zero-order valence-electron chi connectivity index (χ0n) is 13.8. The SMILES string of the molecule is COc1ccccc1OCCN(C)CC(=O)Nc1cccc(Cl)c1. The third-order valence-corrected chi connectivity index (χ3v) is 3.56. The second kappa shape index (κ2) is 9.15. The van der Waals surface area contributed by atoms with Crippen LogP contribution in [0.4, 0.5) is 5.69 Å². The lowest BCUT2D eigenvalue weighted by molar-refractivity contribution is -0.117. The summed E-state index contributed by atoms with van der Waals surface area (Å²) in [6, 6.07) is 14.5. The van der Waals surface area contributed by atoms with Gasteiger partial charge in [-0.05, 0) is 37.4 Å². The predicted molar refractivity (Wildman–Crippen MR) is 96.1 cm³/mol. The van der Waals surface area contributed by atoms with Gasteiger partial charge >= 0.3 is 0 Å². The number of halogens is 1. The molecule has 0 fully saturated rings. The Bertz CT molecular complexity index is 679. The molecule has 2 aromatic carbocycles. The molecule has 128 valence electrons. The zero-order chi connectivity index (χ0) is 17.4. The van der Waals surface area contributed by atoms with Crippen molar-refractivity contribution in [2.24, 2.45) is 0 Å². The van der Waals surface area contributed by atoms with Gasteiger partial charge in [-0.25, -0.2) is 0 Å². The molecule has 1 amide bonds. The monoisotopic (exact) mass is 348 g/mol. The molecule has 0 aliphatic rings. The molecular weight excluding hydrogens is 328 g/mol.